The predicted octanol–water partition coefficient (Wildman–Crippen LogP) is -0.152. The van der Waals surface area contributed by atoms with Crippen molar-refractivity contribution in [3.05, 3.63) is 24.3 Å². The van der Waals surface area contributed by atoms with Crippen LogP contribution >= 0.6 is 0 Å². The van der Waals surface area contributed by atoms with Gasteiger partial charge in [-0.15, -0.1) is 0 Å². The lowest BCUT2D eigenvalue weighted by Gasteiger charge is -2.35. The van der Waals surface area contributed by atoms with Gasteiger partial charge >= 0.3 is 0 Å². The number of rotatable bonds is 1. The fraction of sp³-hybridized carbons (Fsp3) is 0.556. The normalized spacial score (nSPS) is 29.0. The number of aromatic nitrogens is 2. The van der Waals surface area contributed by atoms with Crippen molar-refractivity contribution in [2.75, 3.05) is 6.54 Å². The summed E-state index contributed by atoms with van der Waals surface area (Å²) < 4.78 is 0. The lowest BCUT2D eigenvalue weighted by molar-refractivity contribution is 0.00721. The van der Waals surface area contributed by atoms with Crippen LogP contribution < -0.4 is 5.84 Å². The van der Waals surface area contributed by atoms with Gasteiger partial charge in [-0.2, -0.15) is 0 Å². The highest BCUT2D eigenvalue weighted by atomic mass is 16.3. The molecule has 0 radical (unpaired) electrons. The SMILES string of the molecule is NN1CCCC(O)C1c1ccncn1. The number of hydrogen-bond donors (Lipinski definition) is 2. The minimum absolute atomic E-state index is 0.188. The van der Waals surface area contributed by atoms with Crippen LogP contribution in [0.1, 0.15) is 24.6 Å². The van der Waals surface area contributed by atoms with E-state index in [4.69, 9.17) is 5.84 Å². The summed E-state index contributed by atoms with van der Waals surface area (Å²) in [5.41, 5.74) is 0.787. The molecule has 3 N–H and O–H groups in total. The van der Waals surface area contributed by atoms with E-state index in [1.807, 2.05) is 0 Å². The molecular formula is C9H14N4O. The summed E-state index contributed by atoms with van der Waals surface area (Å²) in [5, 5.41) is 11.5. The number of hydrazine groups is 1. The van der Waals surface area contributed by atoms with Crippen molar-refractivity contribution in [2.24, 2.45) is 5.84 Å². The molecular weight excluding hydrogens is 180 g/mol. The molecule has 0 spiro atoms. The Kier molecular flexibility index (Phi) is 2.72. The maximum absolute atomic E-state index is 9.81. The summed E-state index contributed by atoms with van der Waals surface area (Å²) in [7, 11) is 0. The molecule has 1 aromatic heterocycles. The van der Waals surface area contributed by atoms with Crippen LogP contribution in [0.15, 0.2) is 18.6 Å². The molecule has 14 heavy (non-hydrogen) atoms. The highest BCUT2D eigenvalue weighted by molar-refractivity contribution is 5.08. The van der Waals surface area contributed by atoms with Crippen molar-refractivity contribution in [3.63, 3.8) is 0 Å². The van der Waals surface area contributed by atoms with Crippen LogP contribution in [0.3, 0.4) is 0 Å². The summed E-state index contributed by atoms with van der Waals surface area (Å²) in [6.45, 7) is 0.797. The van der Waals surface area contributed by atoms with Gasteiger partial charge in [-0.1, -0.05) is 0 Å². The number of aliphatic hydroxyl groups excluding tert-OH is 1. The molecule has 2 unspecified atom stereocenters. The molecule has 1 aliphatic heterocycles. The number of piperidine rings is 1. The number of nitrogens with two attached hydrogens (primary N) is 1. The van der Waals surface area contributed by atoms with Crippen molar-refractivity contribution >= 4 is 0 Å². The molecule has 2 heterocycles. The fourth-order valence-electron chi connectivity index (χ4n) is 1.84. The van der Waals surface area contributed by atoms with Crippen LogP contribution in [-0.4, -0.2) is 32.7 Å². The molecule has 1 aliphatic rings. The van der Waals surface area contributed by atoms with Gasteiger partial charge in [-0.3, -0.25) is 5.84 Å². The molecule has 0 aliphatic carbocycles. The van der Waals surface area contributed by atoms with Crippen molar-refractivity contribution in [1.29, 1.82) is 0 Å². The van der Waals surface area contributed by atoms with Crippen molar-refractivity contribution in [2.45, 2.75) is 25.0 Å². The molecule has 0 saturated carbocycles. The number of aliphatic hydroxyl groups is 1. The van der Waals surface area contributed by atoms with Gasteiger partial charge in [0.15, 0.2) is 0 Å². The van der Waals surface area contributed by atoms with Gasteiger partial charge < -0.3 is 5.11 Å². The Bertz CT molecular complexity index is 282. The molecule has 1 fully saturated rings. The monoisotopic (exact) mass is 194 g/mol. The van der Waals surface area contributed by atoms with Crippen LogP contribution in [0.2, 0.25) is 0 Å². The van der Waals surface area contributed by atoms with Crippen LogP contribution in [0.5, 0.6) is 0 Å². The zero-order valence-corrected chi connectivity index (χ0v) is 7.87. The third-order valence-electron chi connectivity index (χ3n) is 2.55. The van der Waals surface area contributed by atoms with E-state index >= 15 is 0 Å². The minimum Gasteiger partial charge on any atom is -0.391 e. The first-order valence-electron chi connectivity index (χ1n) is 4.74. The first kappa shape index (κ1) is 9.51. The number of hydrogen-bond acceptors (Lipinski definition) is 5. The molecule has 0 amide bonds. The van der Waals surface area contributed by atoms with Crippen LogP contribution in [0, 0.1) is 0 Å². The van der Waals surface area contributed by atoms with E-state index in [2.05, 4.69) is 9.97 Å². The summed E-state index contributed by atoms with van der Waals surface area (Å²) in [6.07, 6.45) is 4.42. The van der Waals surface area contributed by atoms with Gasteiger partial charge in [0.1, 0.15) is 6.33 Å². The molecule has 5 nitrogen and oxygen atoms in total. The van der Waals surface area contributed by atoms with E-state index in [1.54, 1.807) is 17.3 Å². The summed E-state index contributed by atoms with van der Waals surface area (Å²) in [6, 6.07) is 1.60. The van der Waals surface area contributed by atoms with E-state index in [0.29, 0.717) is 0 Å². The Morgan fingerprint density at radius 1 is 1.57 bits per heavy atom. The van der Waals surface area contributed by atoms with Gasteiger partial charge in [-0.05, 0) is 18.9 Å². The molecule has 2 rings (SSSR count). The first-order chi connectivity index (χ1) is 6.79. The van der Waals surface area contributed by atoms with Crippen LogP contribution in [0.4, 0.5) is 0 Å². The van der Waals surface area contributed by atoms with E-state index in [9.17, 15) is 5.11 Å². The first-order valence-corrected chi connectivity index (χ1v) is 4.74. The maximum atomic E-state index is 9.81. The zero-order chi connectivity index (χ0) is 9.97. The third kappa shape index (κ3) is 1.75. The quantitative estimate of drug-likeness (QED) is 0.608. The van der Waals surface area contributed by atoms with Gasteiger partial charge in [0.2, 0.25) is 0 Å². The van der Waals surface area contributed by atoms with E-state index < -0.39 is 6.10 Å². The Morgan fingerprint density at radius 3 is 3.07 bits per heavy atom. The second-order valence-corrected chi connectivity index (χ2v) is 3.53. The summed E-state index contributed by atoms with van der Waals surface area (Å²) in [4.78, 5) is 7.95. The van der Waals surface area contributed by atoms with Crippen LogP contribution in [-0.2, 0) is 0 Å². The molecule has 0 bridgehead atoms. The zero-order valence-electron chi connectivity index (χ0n) is 7.87. The molecule has 1 saturated heterocycles. The lowest BCUT2D eigenvalue weighted by Crippen LogP contribution is -2.46. The van der Waals surface area contributed by atoms with Gasteiger partial charge in [0.25, 0.3) is 0 Å². The average Bonchev–Trinajstić information content (AvgIpc) is 2.19. The average molecular weight is 194 g/mol. The van der Waals surface area contributed by atoms with Crippen LogP contribution in [0.25, 0.3) is 0 Å². The molecule has 0 aromatic carbocycles. The predicted molar refractivity (Wildman–Crippen MR) is 50.9 cm³/mol. The fourth-order valence-corrected chi connectivity index (χ4v) is 1.84. The van der Waals surface area contributed by atoms with E-state index in [0.717, 1.165) is 25.1 Å². The topological polar surface area (TPSA) is 75.3 Å². The number of nitrogens with zero attached hydrogens (tertiary/aromatic N) is 3. The second kappa shape index (κ2) is 4.00. The Labute approximate surface area is 82.6 Å². The molecule has 76 valence electrons. The lowest BCUT2D eigenvalue weighted by atomic mass is 9.98. The van der Waals surface area contributed by atoms with Gasteiger partial charge in [0, 0.05) is 12.7 Å². The Morgan fingerprint density at radius 2 is 2.43 bits per heavy atom. The minimum atomic E-state index is -0.427. The van der Waals surface area contributed by atoms with Gasteiger partial charge in [0.05, 0.1) is 17.8 Å². The van der Waals surface area contributed by atoms with Crippen molar-refractivity contribution < 1.29 is 5.11 Å². The summed E-state index contributed by atoms with van der Waals surface area (Å²) >= 11 is 0. The Hall–Kier alpha value is -1.04. The second-order valence-electron chi connectivity index (χ2n) is 3.53. The standard InChI is InChI=1S/C9H14N4O/c10-13-5-1-2-8(14)9(13)7-3-4-11-6-12-7/h3-4,6,8-9,14H,1-2,5,10H2. The summed E-state index contributed by atoms with van der Waals surface area (Å²) in [5.74, 6) is 5.81. The molecule has 1 aromatic rings. The van der Waals surface area contributed by atoms with E-state index in [1.165, 1.54) is 6.33 Å². The van der Waals surface area contributed by atoms with Gasteiger partial charge in [-0.25, -0.2) is 15.0 Å². The smallest absolute Gasteiger partial charge is 0.115 e. The highest BCUT2D eigenvalue weighted by Crippen LogP contribution is 2.26. The van der Waals surface area contributed by atoms with E-state index in [-0.39, 0.29) is 6.04 Å². The molecule has 5 heteroatoms. The van der Waals surface area contributed by atoms with Crippen molar-refractivity contribution in [1.82, 2.24) is 15.0 Å². The molecule has 2 atom stereocenters. The Balaban J connectivity index is 2.23. The van der Waals surface area contributed by atoms with Crippen molar-refractivity contribution in [3.8, 4) is 0 Å². The third-order valence-corrected chi connectivity index (χ3v) is 2.55. The largest absolute Gasteiger partial charge is 0.391 e. The maximum Gasteiger partial charge on any atom is 0.115 e. The highest BCUT2D eigenvalue weighted by Gasteiger charge is 2.30.